The van der Waals surface area contributed by atoms with Crippen LogP contribution in [0.25, 0.3) is 0 Å². The molecule has 0 radical (unpaired) electrons. The van der Waals surface area contributed by atoms with Crippen LogP contribution >= 0.6 is 0 Å². The van der Waals surface area contributed by atoms with Crippen molar-refractivity contribution in [2.45, 2.75) is 12.8 Å². The maximum atomic E-state index is 11.9. The Balaban J connectivity index is 1.93. The minimum atomic E-state index is -0.667. The Morgan fingerprint density at radius 3 is 2.80 bits per heavy atom. The van der Waals surface area contributed by atoms with Crippen molar-refractivity contribution in [1.29, 1.82) is 0 Å². The van der Waals surface area contributed by atoms with Gasteiger partial charge in [-0.15, -0.1) is 0 Å². The van der Waals surface area contributed by atoms with Crippen LogP contribution in [0.15, 0.2) is 18.3 Å². The lowest BCUT2D eigenvalue weighted by Crippen LogP contribution is -2.41. The predicted octanol–water partition coefficient (Wildman–Crippen LogP) is 0.560. The molecule has 0 spiro atoms. The molecule has 0 saturated carbocycles. The van der Waals surface area contributed by atoms with Crippen molar-refractivity contribution in [3.63, 3.8) is 0 Å². The molecule has 1 aliphatic heterocycles. The molecular formula is C12H13N3O5. The van der Waals surface area contributed by atoms with E-state index in [1.807, 2.05) is 0 Å². The van der Waals surface area contributed by atoms with E-state index in [4.69, 9.17) is 4.74 Å². The summed E-state index contributed by atoms with van der Waals surface area (Å²) in [5.41, 5.74) is 0. The standard InChI is InChI=1S/C12H13N3O5/c16-9-3-6-14(7-4-9)11(17)8-20-10-2-1-5-13-12(10)15(18)19/h1-2,5H,3-4,6-8H2. The molecule has 1 aromatic heterocycles. The van der Waals surface area contributed by atoms with Crippen LogP contribution in [0.1, 0.15) is 12.8 Å². The van der Waals surface area contributed by atoms with Crippen molar-refractivity contribution in [3.8, 4) is 5.75 Å². The number of aromatic nitrogens is 1. The second kappa shape index (κ2) is 6.09. The summed E-state index contributed by atoms with van der Waals surface area (Å²) in [5.74, 6) is -0.624. The van der Waals surface area contributed by atoms with Gasteiger partial charge in [-0.25, -0.2) is 0 Å². The number of ether oxygens (including phenoxy) is 1. The van der Waals surface area contributed by atoms with Gasteiger partial charge in [0.2, 0.25) is 5.75 Å². The molecule has 1 amide bonds. The normalized spacial score (nSPS) is 15.0. The van der Waals surface area contributed by atoms with Gasteiger partial charge in [0.25, 0.3) is 5.91 Å². The monoisotopic (exact) mass is 279 g/mol. The molecular weight excluding hydrogens is 266 g/mol. The lowest BCUT2D eigenvalue weighted by atomic mass is 10.1. The van der Waals surface area contributed by atoms with E-state index < -0.39 is 10.7 Å². The summed E-state index contributed by atoms with van der Waals surface area (Å²) < 4.78 is 5.16. The van der Waals surface area contributed by atoms with Gasteiger partial charge in [-0.3, -0.25) is 9.59 Å². The quantitative estimate of drug-likeness (QED) is 0.589. The average molecular weight is 279 g/mol. The molecule has 8 heteroatoms. The molecule has 106 valence electrons. The molecule has 0 bridgehead atoms. The Kier molecular flexibility index (Phi) is 4.24. The smallest absolute Gasteiger partial charge is 0.406 e. The zero-order valence-corrected chi connectivity index (χ0v) is 10.7. The van der Waals surface area contributed by atoms with Gasteiger partial charge in [-0.2, -0.15) is 0 Å². The zero-order chi connectivity index (χ0) is 14.5. The summed E-state index contributed by atoms with van der Waals surface area (Å²) in [6.07, 6.45) is 1.97. The number of carbonyl (C=O) groups is 2. The largest absolute Gasteiger partial charge is 0.476 e. The molecule has 2 heterocycles. The number of amides is 1. The fraction of sp³-hybridized carbons (Fsp3) is 0.417. The third kappa shape index (κ3) is 3.28. The van der Waals surface area contributed by atoms with Crippen molar-refractivity contribution in [1.82, 2.24) is 9.88 Å². The van der Waals surface area contributed by atoms with Gasteiger partial charge in [0.15, 0.2) is 6.61 Å². The van der Waals surface area contributed by atoms with Gasteiger partial charge in [-0.1, -0.05) is 0 Å². The van der Waals surface area contributed by atoms with Crippen molar-refractivity contribution in [2.75, 3.05) is 19.7 Å². The third-order valence-corrected chi connectivity index (χ3v) is 2.95. The Bertz CT molecular complexity index is 536. The van der Waals surface area contributed by atoms with E-state index in [0.29, 0.717) is 25.9 Å². The number of carbonyl (C=O) groups excluding carboxylic acids is 2. The number of nitrogens with zero attached hydrogens (tertiary/aromatic N) is 3. The van der Waals surface area contributed by atoms with Gasteiger partial charge in [0.1, 0.15) is 12.0 Å². The Morgan fingerprint density at radius 1 is 1.45 bits per heavy atom. The summed E-state index contributed by atoms with van der Waals surface area (Å²) in [6, 6.07) is 2.88. The number of pyridine rings is 1. The van der Waals surface area contributed by atoms with Crippen LogP contribution in [0, 0.1) is 10.1 Å². The summed E-state index contributed by atoms with van der Waals surface area (Å²) in [6.45, 7) is 0.438. The minimum absolute atomic E-state index is 0.0427. The fourth-order valence-electron chi connectivity index (χ4n) is 1.87. The van der Waals surface area contributed by atoms with Crippen LogP contribution in [0.2, 0.25) is 0 Å². The molecule has 1 aliphatic rings. The summed E-state index contributed by atoms with van der Waals surface area (Å²) >= 11 is 0. The van der Waals surface area contributed by atoms with E-state index in [9.17, 15) is 19.7 Å². The van der Waals surface area contributed by atoms with E-state index >= 15 is 0 Å². The van der Waals surface area contributed by atoms with E-state index in [2.05, 4.69) is 4.98 Å². The van der Waals surface area contributed by atoms with Gasteiger partial charge >= 0.3 is 5.82 Å². The topological polar surface area (TPSA) is 103 Å². The van der Waals surface area contributed by atoms with Crippen LogP contribution in [0.3, 0.4) is 0 Å². The summed E-state index contributed by atoms with van der Waals surface area (Å²) in [7, 11) is 0. The fourth-order valence-corrected chi connectivity index (χ4v) is 1.87. The van der Waals surface area contributed by atoms with Gasteiger partial charge in [0.05, 0.1) is 0 Å². The highest BCUT2D eigenvalue weighted by Crippen LogP contribution is 2.22. The Hall–Kier alpha value is -2.51. The first-order chi connectivity index (χ1) is 9.58. The van der Waals surface area contributed by atoms with E-state index in [-0.39, 0.29) is 24.0 Å². The van der Waals surface area contributed by atoms with E-state index in [0.717, 1.165) is 0 Å². The van der Waals surface area contributed by atoms with E-state index in [1.54, 1.807) is 0 Å². The number of hydrogen-bond donors (Lipinski definition) is 0. The van der Waals surface area contributed by atoms with Crippen LogP contribution in [-0.2, 0) is 9.59 Å². The molecule has 1 saturated heterocycles. The number of piperidine rings is 1. The predicted molar refractivity (Wildman–Crippen MR) is 67.2 cm³/mol. The zero-order valence-electron chi connectivity index (χ0n) is 10.7. The van der Waals surface area contributed by atoms with Crippen molar-refractivity contribution >= 4 is 17.5 Å². The van der Waals surface area contributed by atoms with Crippen LogP contribution < -0.4 is 4.74 Å². The van der Waals surface area contributed by atoms with Gasteiger partial charge < -0.3 is 19.8 Å². The number of hydrogen-bond acceptors (Lipinski definition) is 6. The number of Topliss-reactive ketones (excluding diaryl/α,β-unsaturated/α-hetero) is 1. The Morgan fingerprint density at radius 2 is 2.15 bits per heavy atom. The molecule has 2 rings (SSSR count). The highest BCUT2D eigenvalue weighted by molar-refractivity contribution is 5.84. The molecule has 20 heavy (non-hydrogen) atoms. The van der Waals surface area contributed by atoms with Crippen molar-refractivity contribution in [3.05, 3.63) is 28.4 Å². The molecule has 1 fully saturated rings. The lowest BCUT2D eigenvalue weighted by molar-refractivity contribution is -0.390. The van der Waals surface area contributed by atoms with Gasteiger partial charge in [0, 0.05) is 25.9 Å². The van der Waals surface area contributed by atoms with E-state index in [1.165, 1.54) is 23.2 Å². The third-order valence-electron chi connectivity index (χ3n) is 2.95. The number of nitro groups is 1. The maximum Gasteiger partial charge on any atom is 0.406 e. The first-order valence-corrected chi connectivity index (χ1v) is 6.09. The molecule has 0 N–H and O–H groups in total. The van der Waals surface area contributed by atoms with Gasteiger partial charge in [-0.05, 0) is 22.0 Å². The second-order valence-electron chi connectivity index (χ2n) is 4.29. The van der Waals surface area contributed by atoms with Crippen molar-refractivity contribution < 1.29 is 19.2 Å². The summed E-state index contributed by atoms with van der Waals surface area (Å²) in [4.78, 5) is 38.1. The molecule has 0 aromatic carbocycles. The first kappa shape index (κ1) is 13.9. The molecule has 0 unspecified atom stereocenters. The second-order valence-corrected chi connectivity index (χ2v) is 4.29. The first-order valence-electron chi connectivity index (χ1n) is 6.09. The van der Waals surface area contributed by atoms with Crippen LogP contribution in [-0.4, -0.2) is 46.2 Å². The SMILES string of the molecule is O=C1CCN(C(=O)COc2cccnc2[N+](=O)[O-])CC1. The molecule has 0 aliphatic carbocycles. The maximum absolute atomic E-state index is 11.9. The highest BCUT2D eigenvalue weighted by Gasteiger charge is 2.22. The van der Waals surface area contributed by atoms with Crippen molar-refractivity contribution in [2.24, 2.45) is 0 Å². The van der Waals surface area contributed by atoms with Crippen LogP contribution in [0.4, 0.5) is 5.82 Å². The molecule has 0 atom stereocenters. The number of rotatable bonds is 4. The molecule has 8 nitrogen and oxygen atoms in total. The lowest BCUT2D eigenvalue weighted by Gasteiger charge is -2.25. The highest BCUT2D eigenvalue weighted by atomic mass is 16.6. The Labute approximate surface area is 114 Å². The minimum Gasteiger partial charge on any atom is -0.476 e. The average Bonchev–Trinajstić information content (AvgIpc) is 2.45. The molecule has 1 aromatic rings. The number of ketones is 1. The van der Waals surface area contributed by atoms with Crippen LogP contribution in [0.5, 0.6) is 5.75 Å². The summed E-state index contributed by atoms with van der Waals surface area (Å²) in [5, 5.41) is 10.7. The number of likely N-dealkylation sites (tertiary alicyclic amines) is 1.